The van der Waals surface area contributed by atoms with Crippen molar-refractivity contribution < 1.29 is 81.1 Å². The quantitative estimate of drug-likeness (QED) is 0.0187. The summed E-state index contributed by atoms with van der Waals surface area (Å²) in [4.78, 5) is 137. The van der Waals surface area contributed by atoms with Crippen LogP contribution < -0.4 is 64.5 Å². The molecule has 0 saturated carbocycles. The van der Waals surface area contributed by atoms with Crippen LogP contribution in [0, 0.1) is 19.8 Å². The number of aromatic nitrogens is 11. The molecule has 1 saturated heterocycles. The monoisotopic (exact) mass is 1640 g/mol. The van der Waals surface area contributed by atoms with E-state index in [2.05, 4.69) is 66.6 Å². The van der Waals surface area contributed by atoms with E-state index in [1.165, 1.54) is 13.2 Å². The molecule has 118 heavy (non-hydrogen) atoms. The molecule has 2 aliphatic heterocycles. The van der Waals surface area contributed by atoms with Crippen molar-refractivity contribution in [3.05, 3.63) is 112 Å². The summed E-state index contributed by atoms with van der Waals surface area (Å²) in [6.45, 7) is 18.8. The molecule has 8 aromatic rings. The molecule has 0 radical (unpaired) electrons. The number of unbranched alkanes of at least 4 members (excludes halogenated alkanes) is 1. The van der Waals surface area contributed by atoms with Gasteiger partial charge in [0.2, 0.25) is 41.4 Å². The molecular weight excluding hydrogens is 1530 g/mol. The Morgan fingerprint density at radius 1 is 0.602 bits per heavy atom. The molecule has 5 aromatic heterocycles. The minimum atomic E-state index is -1.07. The van der Waals surface area contributed by atoms with Gasteiger partial charge in [-0.1, -0.05) is 26.0 Å². The summed E-state index contributed by atoms with van der Waals surface area (Å²) < 4.78 is 48.9. The molecule has 0 bridgehead atoms. The molecule has 638 valence electrons. The van der Waals surface area contributed by atoms with E-state index >= 15 is 0 Å². The molecule has 0 unspecified atom stereocenters. The van der Waals surface area contributed by atoms with Crippen LogP contribution in [0.4, 0.5) is 27.2 Å². The standard InChI is InChI=1S/C78H109N23O17/c1-8-100-59(40-49(5)93-100)72(106)89-76-86-57-42-53(68(79)103)44-61(111-7)66(57)98(76)24-10-11-25-99-67-58(87-77(99)90-73(107)60-41-50(6)94-101(60)9-2)43-54(69(80)104)45-62(67)116-30-13-23-95-26-19-52(20-27-95)70-92-91-63-46-96(28-29-97(63)70)78(110)117-47-51-15-17-55(18-16-51)84-71(105)56(14-12-22-83-75(81)109)85-74(108)65(48(3)4)88-64(102)21-31-112-32-33-113-34-35-114-36-37-115-38-39-118-82/h15-18,40-45,48,52,56,65H,8-14,19-39,46-47,82H2,1-7H3,(H2,79,103)(H2,80,104)(H,84,105)(H,85,108)(H,88,102)(H3,81,83,109)(H,86,89,106)(H,87,90,107)/t56-,65-/m0/s1. The van der Waals surface area contributed by atoms with Crippen molar-refractivity contribution in [1.82, 2.24) is 79.2 Å². The summed E-state index contributed by atoms with van der Waals surface area (Å²) in [5.41, 5.74) is 22.1. The van der Waals surface area contributed by atoms with Crippen LogP contribution in [0.25, 0.3) is 22.1 Å². The van der Waals surface area contributed by atoms with E-state index in [4.69, 9.17) is 66.2 Å². The molecule has 10 amide bonds. The fourth-order valence-electron chi connectivity index (χ4n) is 14.0. The predicted molar refractivity (Wildman–Crippen MR) is 431 cm³/mol. The number of likely N-dealkylation sites (tertiary alicyclic amines) is 1. The van der Waals surface area contributed by atoms with Crippen molar-refractivity contribution >= 4 is 93.1 Å². The van der Waals surface area contributed by atoms with E-state index in [9.17, 15) is 43.2 Å². The minimum Gasteiger partial charge on any atom is -0.494 e. The highest BCUT2D eigenvalue weighted by Crippen LogP contribution is 2.35. The first-order valence-electron chi connectivity index (χ1n) is 39.7. The average Bonchev–Trinajstić information content (AvgIpc) is 1.62. The predicted octanol–water partition coefficient (Wildman–Crippen LogP) is 4.38. The summed E-state index contributed by atoms with van der Waals surface area (Å²) in [6.07, 6.45) is 3.03. The van der Waals surface area contributed by atoms with E-state index in [1.807, 2.05) is 23.0 Å². The van der Waals surface area contributed by atoms with Crippen LogP contribution in [0.3, 0.4) is 0 Å². The molecule has 14 N–H and O–H groups in total. The van der Waals surface area contributed by atoms with Gasteiger partial charge in [0.15, 0.2) is 5.82 Å². The number of hydrogen-bond acceptors (Lipinski definition) is 25. The van der Waals surface area contributed by atoms with Crippen LogP contribution in [0.1, 0.15) is 155 Å². The Balaban J connectivity index is 0.700. The van der Waals surface area contributed by atoms with Gasteiger partial charge in [0.1, 0.15) is 58.4 Å². The lowest BCUT2D eigenvalue weighted by molar-refractivity contribution is -0.132. The highest BCUT2D eigenvalue weighted by molar-refractivity contribution is 6.06. The van der Waals surface area contributed by atoms with Crippen molar-refractivity contribution in [3.8, 4) is 11.5 Å². The number of fused-ring (bicyclic) bond motifs is 3. The number of nitrogens with two attached hydrogens (primary N) is 4. The molecule has 2 aliphatic rings. The number of anilines is 3. The number of hydrogen-bond donors (Lipinski definition) is 10. The number of ether oxygens (including phenoxy) is 7. The van der Waals surface area contributed by atoms with Crippen LogP contribution in [0.5, 0.6) is 11.5 Å². The molecule has 0 spiro atoms. The molecule has 40 heteroatoms. The highest BCUT2D eigenvalue weighted by atomic mass is 16.6. The van der Waals surface area contributed by atoms with Crippen LogP contribution in [0.15, 0.2) is 60.7 Å². The Labute approximate surface area is 681 Å². The van der Waals surface area contributed by atoms with Crippen LogP contribution >= 0.6 is 0 Å². The van der Waals surface area contributed by atoms with Gasteiger partial charge in [-0.25, -0.2) is 25.5 Å². The molecule has 7 heterocycles. The largest absolute Gasteiger partial charge is 0.494 e. The Morgan fingerprint density at radius 3 is 1.70 bits per heavy atom. The van der Waals surface area contributed by atoms with Gasteiger partial charge in [-0.05, 0) is 146 Å². The number of amides is 10. The number of piperidine rings is 1. The van der Waals surface area contributed by atoms with Gasteiger partial charge in [-0.3, -0.25) is 58.5 Å². The number of aryl methyl sites for hydroxylation is 6. The number of nitrogens with one attached hydrogen (secondary N) is 6. The Bertz CT molecular complexity index is 4770. The SMILES string of the molecule is CCn1nc(C)cc1C(=O)Nc1nc2cc(C(N)=O)cc(OC)c2n1CCCCn1c(NC(=O)c2cc(C)nn2CC)nc2cc(C(N)=O)cc(OCCCN3CCC(c4nnc5n4CCN(C(=O)OCc4ccc(NC(=O)[C@H](CCCNC(N)=O)NC(=O)[C@@H](NC(=O)CCOCCOCCOCCOCCON)C(C)C)cc4)C5)CC3)c21. The van der Waals surface area contributed by atoms with Crippen molar-refractivity contribution in [2.45, 2.75) is 157 Å². The number of carbonyl (C=O) groups is 9. The Kier molecular flexibility index (Phi) is 32.7. The zero-order valence-electron chi connectivity index (χ0n) is 67.9. The number of benzene rings is 3. The van der Waals surface area contributed by atoms with Gasteiger partial charge in [-0.2, -0.15) is 10.2 Å². The topological polar surface area (TPSA) is 512 Å². The number of carbonyl (C=O) groups excluding carboxylic acids is 9. The molecule has 0 aliphatic carbocycles. The average molecular weight is 1640 g/mol. The van der Waals surface area contributed by atoms with Gasteiger partial charge in [0.25, 0.3) is 11.8 Å². The first-order valence-corrected chi connectivity index (χ1v) is 39.7. The van der Waals surface area contributed by atoms with Crippen molar-refractivity contribution in [1.29, 1.82) is 0 Å². The number of methoxy groups -OCH3 is 1. The maximum absolute atomic E-state index is 14.2. The van der Waals surface area contributed by atoms with Gasteiger partial charge in [0, 0.05) is 81.5 Å². The van der Waals surface area contributed by atoms with Crippen molar-refractivity contribution in [2.75, 3.05) is 122 Å². The number of nitrogens with zero attached hydrogens (tertiary/aromatic N) is 13. The smallest absolute Gasteiger partial charge is 0.410 e. The van der Waals surface area contributed by atoms with Gasteiger partial charge >= 0.3 is 12.1 Å². The third kappa shape index (κ3) is 24.2. The maximum atomic E-state index is 14.2. The molecule has 40 nitrogen and oxygen atoms in total. The molecule has 1 fully saturated rings. The van der Waals surface area contributed by atoms with Crippen molar-refractivity contribution in [3.63, 3.8) is 0 Å². The van der Waals surface area contributed by atoms with Gasteiger partial charge < -0.3 is 95.1 Å². The van der Waals surface area contributed by atoms with E-state index < -0.39 is 65.6 Å². The third-order valence-electron chi connectivity index (χ3n) is 20.0. The number of primary amides is 3. The fraction of sp³-hybridized carbons (Fsp3) is 0.526. The zero-order chi connectivity index (χ0) is 84.4. The molecule has 10 rings (SSSR count). The molecular formula is C78H109N23O17. The van der Waals surface area contributed by atoms with Gasteiger partial charge in [0.05, 0.1) is 102 Å². The summed E-state index contributed by atoms with van der Waals surface area (Å²) in [7, 11) is 1.47. The lowest BCUT2D eigenvalue weighted by Crippen LogP contribution is -2.54. The second-order valence-corrected chi connectivity index (χ2v) is 28.8. The summed E-state index contributed by atoms with van der Waals surface area (Å²) >= 11 is 0. The normalized spacial score (nSPS) is 13.6. The Morgan fingerprint density at radius 2 is 1.16 bits per heavy atom. The first kappa shape index (κ1) is 88.7. The van der Waals surface area contributed by atoms with Gasteiger partial charge in [-0.15, -0.1) is 10.2 Å². The lowest BCUT2D eigenvalue weighted by Gasteiger charge is -2.33. The fourth-order valence-corrected chi connectivity index (χ4v) is 14.0. The van der Waals surface area contributed by atoms with E-state index in [0.717, 1.165) is 31.8 Å². The lowest BCUT2D eigenvalue weighted by atomic mass is 9.95. The van der Waals surface area contributed by atoms with Crippen molar-refractivity contribution in [2.24, 2.45) is 29.0 Å². The van der Waals surface area contributed by atoms with Crippen LogP contribution in [-0.4, -0.2) is 235 Å². The molecule has 3 aromatic carbocycles. The highest BCUT2D eigenvalue weighted by Gasteiger charge is 2.33. The summed E-state index contributed by atoms with van der Waals surface area (Å²) in [6, 6.07) is 13.5. The van der Waals surface area contributed by atoms with E-state index in [-0.39, 0.29) is 107 Å². The number of rotatable bonds is 47. The number of imidazole rings is 2. The van der Waals surface area contributed by atoms with E-state index in [0.29, 0.717) is 172 Å². The number of urea groups is 1. The second kappa shape index (κ2) is 43.5. The Hall–Kier alpha value is -11.7. The zero-order valence-corrected chi connectivity index (χ0v) is 67.9. The van der Waals surface area contributed by atoms with Crippen LogP contribution in [0.2, 0.25) is 0 Å². The minimum absolute atomic E-state index is 0.0265. The first-order chi connectivity index (χ1) is 56.9. The summed E-state index contributed by atoms with van der Waals surface area (Å²) in [5, 5.41) is 35.0. The second-order valence-electron chi connectivity index (χ2n) is 28.8. The van der Waals surface area contributed by atoms with E-state index in [1.54, 1.807) is 96.6 Å². The molecule has 2 atom stereocenters. The van der Waals surface area contributed by atoms with Crippen LogP contribution in [-0.2, 0) is 88.8 Å². The third-order valence-corrected chi connectivity index (χ3v) is 20.0. The maximum Gasteiger partial charge on any atom is 0.410 e. The summed E-state index contributed by atoms with van der Waals surface area (Å²) in [5.74, 6) is 3.47.